The summed E-state index contributed by atoms with van der Waals surface area (Å²) >= 11 is 1.65. The van der Waals surface area contributed by atoms with Gasteiger partial charge < -0.3 is 10.4 Å². The zero-order valence-electron chi connectivity index (χ0n) is 10.5. The van der Waals surface area contributed by atoms with Gasteiger partial charge in [-0.3, -0.25) is 9.69 Å². The summed E-state index contributed by atoms with van der Waals surface area (Å²) in [5, 5.41) is 14.2. The van der Waals surface area contributed by atoms with Crippen molar-refractivity contribution in [3.05, 3.63) is 22.4 Å². The Labute approximate surface area is 112 Å². The van der Waals surface area contributed by atoms with E-state index < -0.39 is 0 Å². The van der Waals surface area contributed by atoms with E-state index >= 15 is 0 Å². The number of hydrogen-bond acceptors (Lipinski definition) is 4. The molecule has 1 aromatic heterocycles. The second-order valence-electron chi connectivity index (χ2n) is 4.66. The van der Waals surface area contributed by atoms with Crippen LogP contribution in [0.5, 0.6) is 0 Å². The van der Waals surface area contributed by atoms with E-state index in [-0.39, 0.29) is 18.6 Å². The van der Waals surface area contributed by atoms with Gasteiger partial charge in [0.05, 0.1) is 19.7 Å². The van der Waals surface area contributed by atoms with Gasteiger partial charge in [0.2, 0.25) is 5.91 Å². The Bertz CT molecular complexity index is 367. The molecule has 18 heavy (non-hydrogen) atoms. The number of nitrogens with one attached hydrogen (secondary N) is 1. The van der Waals surface area contributed by atoms with Gasteiger partial charge in [-0.15, -0.1) is 11.3 Å². The summed E-state index contributed by atoms with van der Waals surface area (Å²) in [4.78, 5) is 15.1. The molecule has 1 aromatic rings. The number of aliphatic hydroxyl groups is 1. The third kappa shape index (κ3) is 3.80. The lowest BCUT2D eigenvalue weighted by Crippen LogP contribution is -2.46. The molecule has 5 heteroatoms. The van der Waals surface area contributed by atoms with E-state index in [1.165, 1.54) is 4.88 Å². The third-order valence-electron chi connectivity index (χ3n) is 3.35. The fraction of sp³-hybridized carbons (Fsp3) is 0.615. The molecule has 2 heterocycles. The standard InChI is InChI=1S/C13H20N2O2S/c16-10-11-4-1-2-6-15(11)9-13(17)14-8-12-5-3-7-18-12/h3,5,7,11,16H,1-2,4,6,8-10H2,(H,14,17). The Morgan fingerprint density at radius 3 is 3.17 bits per heavy atom. The van der Waals surface area contributed by atoms with E-state index in [9.17, 15) is 9.90 Å². The van der Waals surface area contributed by atoms with Crippen LogP contribution < -0.4 is 5.32 Å². The number of nitrogens with zero attached hydrogens (tertiary/aromatic N) is 1. The van der Waals surface area contributed by atoms with Gasteiger partial charge in [0.25, 0.3) is 0 Å². The first-order chi connectivity index (χ1) is 8.79. The highest BCUT2D eigenvalue weighted by molar-refractivity contribution is 7.09. The zero-order valence-corrected chi connectivity index (χ0v) is 11.3. The van der Waals surface area contributed by atoms with Gasteiger partial charge >= 0.3 is 0 Å². The Hall–Kier alpha value is -0.910. The Kier molecular flexibility index (Phi) is 5.16. The molecule has 1 aliphatic heterocycles. The Balaban J connectivity index is 1.75. The van der Waals surface area contributed by atoms with Gasteiger partial charge in [0.15, 0.2) is 0 Å². The number of aliphatic hydroxyl groups excluding tert-OH is 1. The lowest BCUT2D eigenvalue weighted by atomic mass is 10.0. The predicted molar refractivity (Wildman–Crippen MR) is 72.5 cm³/mol. The molecule has 0 radical (unpaired) electrons. The maximum Gasteiger partial charge on any atom is 0.234 e. The lowest BCUT2D eigenvalue weighted by Gasteiger charge is -2.33. The van der Waals surface area contributed by atoms with Crippen molar-refractivity contribution in [1.82, 2.24) is 10.2 Å². The van der Waals surface area contributed by atoms with Gasteiger partial charge in [-0.2, -0.15) is 0 Å². The minimum atomic E-state index is 0.0451. The van der Waals surface area contributed by atoms with Crippen LogP contribution in [0.2, 0.25) is 0 Å². The average Bonchev–Trinajstić information content (AvgIpc) is 2.90. The molecule has 100 valence electrons. The molecule has 0 aliphatic carbocycles. The largest absolute Gasteiger partial charge is 0.395 e. The second-order valence-corrected chi connectivity index (χ2v) is 5.69. The SMILES string of the molecule is O=C(CN1CCCCC1CO)NCc1cccs1. The van der Waals surface area contributed by atoms with Gasteiger partial charge in [0, 0.05) is 10.9 Å². The summed E-state index contributed by atoms with van der Waals surface area (Å²) in [5.41, 5.74) is 0. The summed E-state index contributed by atoms with van der Waals surface area (Å²) in [6.45, 7) is 2.07. The molecule has 0 spiro atoms. The molecule has 1 saturated heterocycles. The van der Waals surface area contributed by atoms with Crippen LogP contribution in [0, 0.1) is 0 Å². The molecule has 0 saturated carbocycles. The van der Waals surface area contributed by atoms with Crippen molar-refractivity contribution in [1.29, 1.82) is 0 Å². The van der Waals surface area contributed by atoms with Crippen molar-refractivity contribution < 1.29 is 9.90 Å². The van der Waals surface area contributed by atoms with Gasteiger partial charge in [-0.05, 0) is 30.8 Å². The number of rotatable bonds is 5. The molecule has 1 atom stereocenters. The van der Waals surface area contributed by atoms with E-state index in [4.69, 9.17) is 0 Å². The summed E-state index contributed by atoms with van der Waals surface area (Å²) < 4.78 is 0. The Morgan fingerprint density at radius 1 is 1.56 bits per heavy atom. The molecule has 1 fully saturated rings. The van der Waals surface area contributed by atoms with E-state index in [0.29, 0.717) is 13.1 Å². The van der Waals surface area contributed by atoms with Crippen molar-refractivity contribution in [2.45, 2.75) is 31.8 Å². The fourth-order valence-electron chi connectivity index (χ4n) is 2.31. The van der Waals surface area contributed by atoms with E-state index in [1.807, 2.05) is 17.5 Å². The fourth-order valence-corrected chi connectivity index (χ4v) is 2.96. The molecule has 0 bridgehead atoms. The van der Waals surface area contributed by atoms with Crippen LogP contribution in [-0.2, 0) is 11.3 Å². The molecule has 4 nitrogen and oxygen atoms in total. The van der Waals surface area contributed by atoms with Gasteiger partial charge in [-0.1, -0.05) is 12.5 Å². The molecule has 1 unspecified atom stereocenters. The number of piperidine rings is 1. The van der Waals surface area contributed by atoms with Crippen molar-refractivity contribution >= 4 is 17.2 Å². The molecule has 2 rings (SSSR count). The number of carbonyl (C=O) groups excluding carboxylic acids is 1. The normalized spacial score (nSPS) is 20.8. The molecular formula is C13H20N2O2S. The molecule has 2 N–H and O–H groups in total. The van der Waals surface area contributed by atoms with Crippen molar-refractivity contribution in [2.24, 2.45) is 0 Å². The first kappa shape index (κ1) is 13.5. The molecule has 1 amide bonds. The molecule has 1 aliphatic rings. The number of thiophene rings is 1. The number of amides is 1. The number of hydrogen-bond donors (Lipinski definition) is 2. The average molecular weight is 268 g/mol. The second kappa shape index (κ2) is 6.87. The van der Waals surface area contributed by atoms with Crippen LogP contribution in [0.15, 0.2) is 17.5 Å². The Morgan fingerprint density at radius 2 is 2.44 bits per heavy atom. The smallest absolute Gasteiger partial charge is 0.234 e. The quantitative estimate of drug-likeness (QED) is 0.844. The zero-order chi connectivity index (χ0) is 12.8. The molecule has 0 aromatic carbocycles. The van der Waals surface area contributed by atoms with Crippen LogP contribution in [-0.4, -0.2) is 41.7 Å². The highest BCUT2D eigenvalue weighted by Gasteiger charge is 2.23. The topological polar surface area (TPSA) is 52.6 Å². The van der Waals surface area contributed by atoms with Gasteiger partial charge in [-0.25, -0.2) is 0 Å². The van der Waals surface area contributed by atoms with Crippen LogP contribution in [0.25, 0.3) is 0 Å². The lowest BCUT2D eigenvalue weighted by molar-refractivity contribution is -0.123. The number of likely N-dealkylation sites (tertiary alicyclic amines) is 1. The van der Waals surface area contributed by atoms with Crippen molar-refractivity contribution in [2.75, 3.05) is 19.7 Å². The van der Waals surface area contributed by atoms with Crippen LogP contribution in [0.1, 0.15) is 24.1 Å². The third-order valence-corrected chi connectivity index (χ3v) is 4.22. The van der Waals surface area contributed by atoms with Gasteiger partial charge in [0.1, 0.15) is 0 Å². The predicted octanol–water partition coefficient (Wildman–Crippen LogP) is 1.21. The van der Waals surface area contributed by atoms with Crippen LogP contribution >= 0.6 is 11.3 Å². The molecular weight excluding hydrogens is 248 g/mol. The van der Waals surface area contributed by atoms with Crippen molar-refractivity contribution in [3.63, 3.8) is 0 Å². The van der Waals surface area contributed by atoms with E-state index in [0.717, 1.165) is 25.8 Å². The van der Waals surface area contributed by atoms with Crippen LogP contribution in [0.4, 0.5) is 0 Å². The first-order valence-corrected chi connectivity index (χ1v) is 7.31. The summed E-state index contributed by atoms with van der Waals surface area (Å²) in [5.74, 6) is 0.0451. The van der Waals surface area contributed by atoms with E-state index in [2.05, 4.69) is 10.2 Å². The first-order valence-electron chi connectivity index (χ1n) is 6.43. The minimum Gasteiger partial charge on any atom is -0.395 e. The summed E-state index contributed by atoms with van der Waals surface area (Å²) in [6, 6.07) is 4.16. The monoisotopic (exact) mass is 268 g/mol. The van der Waals surface area contributed by atoms with Crippen molar-refractivity contribution in [3.8, 4) is 0 Å². The maximum absolute atomic E-state index is 11.8. The maximum atomic E-state index is 11.8. The highest BCUT2D eigenvalue weighted by atomic mass is 32.1. The number of carbonyl (C=O) groups is 1. The summed E-state index contributed by atoms with van der Waals surface area (Å²) in [6.07, 6.45) is 3.27. The minimum absolute atomic E-state index is 0.0451. The van der Waals surface area contributed by atoms with E-state index in [1.54, 1.807) is 11.3 Å². The highest BCUT2D eigenvalue weighted by Crippen LogP contribution is 2.16. The van der Waals surface area contributed by atoms with Crippen LogP contribution in [0.3, 0.4) is 0 Å². The summed E-state index contributed by atoms with van der Waals surface area (Å²) in [7, 11) is 0.